The first-order valence-corrected chi connectivity index (χ1v) is 8.56. The van der Waals surface area contributed by atoms with E-state index in [1.807, 2.05) is 25.1 Å². The van der Waals surface area contributed by atoms with E-state index in [0.717, 1.165) is 44.4 Å². The number of halogens is 1. The number of hydrogen-bond acceptors (Lipinski definition) is 4. The van der Waals surface area contributed by atoms with Crippen LogP contribution < -0.4 is 10.2 Å². The molecule has 1 aromatic heterocycles. The zero-order valence-corrected chi connectivity index (χ0v) is 17.9. The summed E-state index contributed by atoms with van der Waals surface area (Å²) in [6.07, 6.45) is 3.60. The molecule has 142 valence electrons. The molecule has 0 saturated carbocycles. The number of likely N-dealkylation sites (N-methyl/N-ethyl adjacent to an activating group) is 1. The van der Waals surface area contributed by atoms with Crippen LogP contribution in [0.3, 0.4) is 0 Å². The molecule has 1 aromatic rings. The molecule has 0 spiro atoms. The van der Waals surface area contributed by atoms with Crippen LogP contribution >= 0.6 is 24.0 Å². The molecule has 0 bridgehead atoms. The third-order valence-corrected chi connectivity index (χ3v) is 4.14. The van der Waals surface area contributed by atoms with Gasteiger partial charge in [-0.1, -0.05) is 6.92 Å². The van der Waals surface area contributed by atoms with Gasteiger partial charge < -0.3 is 20.0 Å². The molecule has 2 heterocycles. The number of piperazine rings is 1. The minimum absolute atomic E-state index is 0. The number of guanidine groups is 1. The molecular weight excluding hydrogens is 433 g/mol. The number of anilines is 1. The van der Waals surface area contributed by atoms with Gasteiger partial charge in [-0.05, 0) is 20.5 Å². The van der Waals surface area contributed by atoms with Crippen molar-refractivity contribution in [2.75, 3.05) is 57.8 Å². The molecule has 0 aromatic carbocycles. The van der Waals surface area contributed by atoms with Gasteiger partial charge in [-0.3, -0.25) is 14.5 Å². The van der Waals surface area contributed by atoms with Gasteiger partial charge in [0.05, 0.1) is 18.4 Å². The van der Waals surface area contributed by atoms with E-state index in [2.05, 4.69) is 34.3 Å². The molecule has 1 fully saturated rings. The molecule has 0 radical (unpaired) electrons. The van der Waals surface area contributed by atoms with Crippen LogP contribution in [0, 0.1) is 0 Å². The molecule has 1 amide bonds. The van der Waals surface area contributed by atoms with Crippen molar-refractivity contribution in [2.24, 2.45) is 12.0 Å². The van der Waals surface area contributed by atoms with Gasteiger partial charge in [-0.15, -0.1) is 24.0 Å². The van der Waals surface area contributed by atoms with E-state index in [1.54, 1.807) is 15.8 Å². The second-order valence-corrected chi connectivity index (χ2v) is 5.97. The first-order chi connectivity index (χ1) is 11.5. The Bertz CT molecular complexity index is 575. The molecule has 0 atom stereocenters. The van der Waals surface area contributed by atoms with Crippen LogP contribution in [0.25, 0.3) is 0 Å². The summed E-state index contributed by atoms with van der Waals surface area (Å²) in [5.41, 5.74) is 0.855. The van der Waals surface area contributed by atoms with E-state index in [-0.39, 0.29) is 29.9 Å². The van der Waals surface area contributed by atoms with Gasteiger partial charge in [-0.25, -0.2) is 0 Å². The lowest BCUT2D eigenvalue weighted by molar-refractivity contribution is -0.120. The number of aromatic nitrogens is 2. The van der Waals surface area contributed by atoms with Gasteiger partial charge in [0.2, 0.25) is 5.91 Å². The fraction of sp³-hybridized carbons (Fsp3) is 0.688. The van der Waals surface area contributed by atoms with E-state index in [4.69, 9.17) is 0 Å². The Morgan fingerprint density at radius 2 is 2.16 bits per heavy atom. The van der Waals surface area contributed by atoms with Crippen LogP contribution in [0.1, 0.15) is 13.8 Å². The molecule has 1 N–H and O–H groups in total. The van der Waals surface area contributed by atoms with Crippen LogP contribution in [-0.2, 0) is 11.8 Å². The first-order valence-electron chi connectivity index (χ1n) is 8.56. The summed E-state index contributed by atoms with van der Waals surface area (Å²) in [5, 5.41) is 7.44. The van der Waals surface area contributed by atoms with Crippen molar-refractivity contribution in [2.45, 2.75) is 13.8 Å². The Morgan fingerprint density at radius 3 is 2.72 bits per heavy atom. The quantitative estimate of drug-likeness (QED) is 0.381. The van der Waals surface area contributed by atoms with E-state index in [1.165, 1.54) is 0 Å². The molecule has 25 heavy (non-hydrogen) atoms. The van der Waals surface area contributed by atoms with Crippen LogP contribution in [0.2, 0.25) is 0 Å². The summed E-state index contributed by atoms with van der Waals surface area (Å²) in [7, 11) is 3.94. The highest BCUT2D eigenvalue weighted by molar-refractivity contribution is 14.0. The van der Waals surface area contributed by atoms with Crippen molar-refractivity contribution >= 4 is 41.5 Å². The largest absolute Gasteiger partial charge is 0.357 e. The lowest BCUT2D eigenvalue weighted by atomic mass is 10.3. The molecule has 0 unspecified atom stereocenters. The minimum atomic E-state index is 0. The summed E-state index contributed by atoms with van der Waals surface area (Å²) >= 11 is 0. The number of aryl methyl sites for hydroxylation is 1. The van der Waals surface area contributed by atoms with E-state index >= 15 is 0 Å². The van der Waals surface area contributed by atoms with Crippen LogP contribution in [0.15, 0.2) is 17.4 Å². The fourth-order valence-corrected chi connectivity index (χ4v) is 2.59. The molecule has 2 rings (SSSR count). The van der Waals surface area contributed by atoms with Gasteiger partial charge in [-0.2, -0.15) is 5.10 Å². The third-order valence-electron chi connectivity index (χ3n) is 4.14. The highest BCUT2D eigenvalue weighted by Gasteiger charge is 2.27. The number of amides is 1. The topological polar surface area (TPSA) is 69.0 Å². The number of aliphatic imine (C=N–C) groups is 1. The van der Waals surface area contributed by atoms with Crippen LogP contribution in [-0.4, -0.2) is 84.3 Å². The SMILES string of the molecule is CCNC(=NCCN(C)CC)N1CCN(c2cnn(C)c2)C(=O)C1.I. The normalized spacial score (nSPS) is 15.6. The van der Waals surface area contributed by atoms with Crippen LogP contribution in [0.4, 0.5) is 5.69 Å². The van der Waals surface area contributed by atoms with Gasteiger partial charge in [0, 0.05) is 39.4 Å². The number of nitrogens with zero attached hydrogens (tertiary/aromatic N) is 6. The van der Waals surface area contributed by atoms with Crippen molar-refractivity contribution in [1.29, 1.82) is 0 Å². The Balaban J connectivity index is 0.00000312. The number of carbonyl (C=O) groups excluding carboxylic acids is 1. The molecule has 1 saturated heterocycles. The molecule has 1 aliphatic heterocycles. The molecular formula is C16H30IN7O. The van der Waals surface area contributed by atoms with Gasteiger partial charge in [0.15, 0.2) is 5.96 Å². The van der Waals surface area contributed by atoms with E-state index in [0.29, 0.717) is 13.1 Å². The van der Waals surface area contributed by atoms with Crippen molar-refractivity contribution in [3.63, 3.8) is 0 Å². The lowest BCUT2D eigenvalue weighted by Crippen LogP contribution is -2.55. The Morgan fingerprint density at radius 1 is 1.40 bits per heavy atom. The molecule has 8 nitrogen and oxygen atoms in total. The van der Waals surface area contributed by atoms with E-state index < -0.39 is 0 Å². The maximum Gasteiger partial charge on any atom is 0.246 e. The predicted octanol–water partition coefficient (Wildman–Crippen LogP) is 0.604. The predicted molar refractivity (Wildman–Crippen MR) is 112 cm³/mol. The zero-order chi connectivity index (χ0) is 17.5. The second kappa shape index (κ2) is 10.6. The maximum absolute atomic E-state index is 12.5. The van der Waals surface area contributed by atoms with Crippen molar-refractivity contribution in [3.8, 4) is 0 Å². The fourth-order valence-electron chi connectivity index (χ4n) is 2.59. The monoisotopic (exact) mass is 463 g/mol. The molecule has 1 aliphatic rings. The third kappa shape index (κ3) is 6.14. The molecule has 0 aliphatic carbocycles. The average molecular weight is 463 g/mol. The summed E-state index contributed by atoms with van der Waals surface area (Å²) in [6.45, 7) is 9.35. The Labute approximate surface area is 167 Å². The van der Waals surface area contributed by atoms with Crippen molar-refractivity contribution in [3.05, 3.63) is 12.4 Å². The summed E-state index contributed by atoms with van der Waals surface area (Å²) < 4.78 is 1.71. The number of hydrogen-bond donors (Lipinski definition) is 1. The first kappa shape index (κ1) is 21.7. The lowest BCUT2D eigenvalue weighted by Gasteiger charge is -2.35. The number of carbonyl (C=O) groups is 1. The number of nitrogens with one attached hydrogen (secondary N) is 1. The van der Waals surface area contributed by atoms with Gasteiger partial charge in [0.25, 0.3) is 0 Å². The van der Waals surface area contributed by atoms with Gasteiger partial charge >= 0.3 is 0 Å². The number of rotatable bonds is 6. The van der Waals surface area contributed by atoms with Crippen LogP contribution in [0.5, 0.6) is 0 Å². The maximum atomic E-state index is 12.5. The minimum Gasteiger partial charge on any atom is -0.357 e. The van der Waals surface area contributed by atoms with E-state index in [9.17, 15) is 4.79 Å². The smallest absolute Gasteiger partial charge is 0.246 e. The zero-order valence-electron chi connectivity index (χ0n) is 15.6. The summed E-state index contributed by atoms with van der Waals surface area (Å²) in [4.78, 5) is 23.2. The Kier molecular flexibility index (Phi) is 9.19. The van der Waals surface area contributed by atoms with Crippen molar-refractivity contribution in [1.82, 2.24) is 24.9 Å². The van der Waals surface area contributed by atoms with Crippen molar-refractivity contribution < 1.29 is 4.79 Å². The molecule has 9 heteroatoms. The average Bonchev–Trinajstić information content (AvgIpc) is 2.99. The standard InChI is InChI=1S/C16H29N7O.HI/c1-5-17-16(18-7-8-20(3)6-2)22-9-10-23(15(24)13-22)14-11-19-21(4)12-14;/h11-12H,5-10,13H2,1-4H3,(H,17,18);1H. The summed E-state index contributed by atoms with van der Waals surface area (Å²) in [6, 6.07) is 0. The van der Waals surface area contributed by atoms with Gasteiger partial charge in [0.1, 0.15) is 6.54 Å². The summed E-state index contributed by atoms with van der Waals surface area (Å²) in [5.74, 6) is 0.895. The Hall–Kier alpha value is -1.36. The highest BCUT2D eigenvalue weighted by atomic mass is 127. The second-order valence-electron chi connectivity index (χ2n) is 5.97. The highest BCUT2D eigenvalue weighted by Crippen LogP contribution is 2.16.